The van der Waals surface area contributed by atoms with Gasteiger partial charge in [0.15, 0.2) is 0 Å². The summed E-state index contributed by atoms with van der Waals surface area (Å²) in [6.07, 6.45) is 3.36. The monoisotopic (exact) mass is 338 g/mol. The first-order chi connectivity index (χ1) is 11.3. The zero-order valence-corrected chi connectivity index (χ0v) is 15.1. The molecule has 0 aliphatic carbocycles. The zero-order chi connectivity index (χ0) is 17.7. The van der Waals surface area contributed by atoms with E-state index in [1.807, 2.05) is 32.9 Å². The number of carbonyl (C=O) groups excluding carboxylic acids is 1. The predicted molar refractivity (Wildman–Crippen MR) is 91.7 cm³/mol. The van der Waals surface area contributed by atoms with Crippen LogP contribution in [0.25, 0.3) is 0 Å². The second-order valence-corrected chi connectivity index (χ2v) is 7.53. The molecule has 24 heavy (non-hydrogen) atoms. The number of carbonyl (C=O) groups is 1. The van der Waals surface area contributed by atoms with Crippen molar-refractivity contribution < 1.29 is 19.1 Å². The fourth-order valence-corrected chi connectivity index (χ4v) is 3.08. The molecule has 136 valence electrons. The Labute approximate surface area is 144 Å². The van der Waals surface area contributed by atoms with Gasteiger partial charge in [-0.25, -0.2) is 4.79 Å². The van der Waals surface area contributed by atoms with E-state index in [1.54, 1.807) is 11.2 Å². The van der Waals surface area contributed by atoms with Gasteiger partial charge in [-0.1, -0.05) is 0 Å². The van der Waals surface area contributed by atoms with E-state index in [1.165, 1.54) is 0 Å². The Bertz CT molecular complexity index is 510. The van der Waals surface area contributed by atoms with E-state index >= 15 is 0 Å². The van der Waals surface area contributed by atoms with Gasteiger partial charge in [0.1, 0.15) is 11.4 Å². The lowest BCUT2D eigenvalue weighted by atomic mass is 9.91. The highest BCUT2D eigenvalue weighted by atomic mass is 16.6. The minimum Gasteiger partial charge on any atom is -0.468 e. The first-order valence-electron chi connectivity index (χ1n) is 8.68. The van der Waals surface area contributed by atoms with Crippen molar-refractivity contribution in [1.29, 1.82) is 0 Å². The maximum Gasteiger partial charge on any atom is 0.410 e. The third kappa shape index (κ3) is 5.24. The molecule has 2 heterocycles. The van der Waals surface area contributed by atoms with Crippen LogP contribution in [0.4, 0.5) is 4.79 Å². The Morgan fingerprint density at radius 2 is 2.29 bits per heavy atom. The topological polar surface area (TPSA) is 74.9 Å². The molecule has 1 aromatic rings. The van der Waals surface area contributed by atoms with E-state index in [2.05, 4.69) is 12.2 Å². The molecule has 1 aromatic heterocycles. The largest absolute Gasteiger partial charge is 0.468 e. The molecule has 6 nitrogen and oxygen atoms in total. The number of piperidine rings is 1. The van der Waals surface area contributed by atoms with Crippen LogP contribution in [0.1, 0.15) is 52.3 Å². The van der Waals surface area contributed by atoms with E-state index in [4.69, 9.17) is 9.15 Å². The van der Waals surface area contributed by atoms with Crippen molar-refractivity contribution in [2.24, 2.45) is 5.92 Å². The molecule has 1 aliphatic heterocycles. The molecule has 1 fully saturated rings. The van der Waals surface area contributed by atoms with Crippen LogP contribution in [0.5, 0.6) is 0 Å². The minimum atomic E-state index is -0.477. The number of hydrogen-bond acceptors (Lipinski definition) is 5. The van der Waals surface area contributed by atoms with Crippen LogP contribution in [-0.2, 0) is 4.74 Å². The number of ether oxygens (including phenoxy) is 1. The first kappa shape index (κ1) is 18.8. The van der Waals surface area contributed by atoms with Crippen LogP contribution in [0.3, 0.4) is 0 Å². The second kappa shape index (κ2) is 8.03. The average Bonchev–Trinajstić information content (AvgIpc) is 3.05. The van der Waals surface area contributed by atoms with E-state index in [0.29, 0.717) is 12.5 Å². The molecule has 1 saturated heterocycles. The molecule has 2 N–H and O–H groups in total. The Hall–Kier alpha value is -1.53. The number of aliphatic hydroxyl groups is 1. The summed E-state index contributed by atoms with van der Waals surface area (Å²) in [5.74, 6) is 1.04. The summed E-state index contributed by atoms with van der Waals surface area (Å²) < 4.78 is 10.9. The molecule has 0 spiro atoms. The quantitative estimate of drug-likeness (QED) is 0.863. The van der Waals surface area contributed by atoms with Crippen LogP contribution in [0.2, 0.25) is 0 Å². The molecule has 0 aromatic carbocycles. The third-order valence-electron chi connectivity index (χ3n) is 4.35. The van der Waals surface area contributed by atoms with Crippen molar-refractivity contribution in [3.8, 4) is 0 Å². The van der Waals surface area contributed by atoms with Crippen molar-refractivity contribution in [2.75, 3.05) is 19.7 Å². The number of hydrogen-bond donors (Lipinski definition) is 2. The molecule has 0 saturated carbocycles. The predicted octanol–water partition coefficient (Wildman–Crippen LogP) is 2.94. The van der Waals surface area contributed by atoms with Gasteiger partial charge < -0.3 is 24.5 Å². The smallest absolute Gasteiger partial charge is 0.410 e. The highest BCUT2D eigenvalue weighted by Crippen LogP contribution is 2.24. The number of rotatable bonds is 5. The van der Waals surface area contributed by atoms with Crippen molar-refractivity contribution in [3.63, 3.8) is 0 Å². The van der Waals surface area contributed by atoms with Gasteiger partial charge >= 0.3 is 6.09 Å². The van der Waals surface area contributed by atoms with Gasteiger partial charge in [-0.3, -0.25) is 0 Å². The summed E-state index contributed by atoms with van der Waals surface area (Å²) in [5.41, 5.74) is -0.477. The average molecular weight is 338 g/mol. The minimum absolute atomic E-state index is 0.0274. The van der Waals surface area contributed by atoms with Gasteiger partial charge in [0.05, 0.1) is 18.9 Å². The van der Waals surface area contributed by atoms with Crippen LogP contribution >= 0.6 is 0 Å². The Balaban J connectivity index is 1.92. The molecule has 3 atom stereocenters. The van der Waals surface area contributed by atoms with Gasteiger partial charge in [-0.05, 0) is 58.6 Å². The van der Waals surface area contributed by atoms with Crippen molar-refractivity contribution in [1.82, 2.24) is 10.2 Å². The molecule has 0 radical (unpaired) electrons. The van der Waals surface area contributed by atoms with E-state index in [0.717, 1.165) is 25.1 Å². The lowest BCUT2D eigenvalue weighted by Crippen LogP contribution is -2.48. The molecule has 1 amide bonds. The second-order valence-electron chi connectivity index (χ2n) is 7.53. The highest BCUT2D eigenvalue weighted by molar-refractivity contribution is 5.68. The Kier molecular flexibility index (Phi) is 6.29. The maximum atomic E-state index is 12.3. The molecule has 6 heteroatoms. The van der Waals surface area contributed by atoms with Gasteiger partial charge in [0.25, 0.3) is 0 Å². The molecule has 1 aliphatic rings. The van der Waals surface area contributed by atoms with E-state index in [-0.39, 0.29) is 24.8 Å². The Morgan fingerprint density at radius 1 is 1.54 bits per heavy atom. The molecule has 2 rings (SSSR count). The molecule has 0 bridgehead atoms. The van der Waals surface area contributed by atoms with E-state index in [9.17, 15) is 9.90 Å². The fourth-order valence-electron chi connectivity index (χ4n) is 3.08. The lowest BCUT2D eigenvalue weighted by Gasteiger charge is -2.37. The van der Waals surface area contributed by atoms with E-state index < -0.39 is 5.60 Å². The number of amides is 1. The van der Waals surface area contributed by atoms with Crippen molar-refractivity contribution in [2.45, 2.75) is 58.2 Å². The summed E-state index contributed by atoms with van der Waals surface area (Å²) in [6, 6.07) is 3.59. The van der Waals surface area contributed by atoms with Crippen molar-refractivity contribution in [3.05, 3.63) is 24.2 Å². The number of likely N-dealkylation sites (tertiary alicyclic amines) is 1. The zero-order valence-electron chi connectivity index (χ0n) is 15.1. The third-order valence-corrected chi connectivity index (χ3v) is 4.35. The lowest BCUT2D eigenvalue weighted by molar-refractivity contribution is 0.0142. The summed E-state index contributed by atoms with van der Waals surface area (Å²) >= 11 is 0. The summed E-state index contributed by atoms with van der Waals surface area (Å²) in [7, 11) is 0. The summed E-state index contributed by atoms with van der Waals surface area (Å²) in [5, 5.41) is 13.0. The summed E-state index contributed by atoms with van der Waals surface area (Å²) in [6.45, 7) is 9.11. The summed E-state index contributed by atoms with van der Waals surface area (Å²) in [4.78, 5) is 14.1. The number of aliphatic hydroxyl groups excluding tert-OH is 1. The highest BCUT2D eigenvalue weighted by Gasteiger charge is 2.31. The Morgan fingerprint density at radius 3 is 2.88 bits per heavy atom. The molecular formula is C18H30N2O4. The first-order valence-corrected chi connectivity index (χ1v) is 8.68. The standard InChI is InChI=1S/C18H30N2O4/c1-13(19-15(12-21)16-8-6-10-23-16)14-7-5-9-20(11-14)17(22)24-18(2,3)4/h6,8,10,13-15,19,21H,5,7,9,11-12H2,1-4H3. The van der Waals surface area contributed by atoms with Gasteiger partial charge in [0.2, 0.25) is 0 Å². The SMILES string of the molecule is CC(NC(CO)c1ccco1)C1CCCN(C(=O)OC(C)(C)C)C1. The van der Waals surface area contributed by atoms with Crippen LogP contribution in [-0.4, -0.2) is 47.4 Å². The van der Waals surface area contributed by atoms with Crippen LogP contribution in [0.15, 0.2) is 22.8 Å². The fraction of sp³-hybridized carbons (Fsp3) is 0.722. The van der Waals surface area contributed by atoms with Crippen LogP contribution < -0.4 is 5.32 Å². The normalized spacial score (nSPS) is 21.4. The van der Waals surface area contributed by atoms with Crippen LogP contribution in [0, 0.1) is 5.92 Å². The number of nitrogens with zero attached hydrogens (tertiary/aromatic N) is 1. The number of nitrogens with one attached hydrogen (secondary N) is 1. The molecular weight excluding hydrogens is 308 g/mol. The maximum absolute atomic E-state index is 12.3. The number of furan rings is 1. The van der Waals surface area contributed by atoms with Gasteiger partial charge in [0, 0.05) is 19.1 Å². The van der Waals surface area contributed by atoms with Gasteiger partial charge in [-0.15, -0.1) is 0 Å². The van der Waals surface area contributed by atoms with Gasteiger partial charge in [-0.2, -0.15) is 0 Å². The molecule has 3 unspecified atom stereocenters. The van der Waals surface area contributed by atoms with Crippen molar-refractivity contribution >= 4 is 6.09 Å².